The summed E-state index contributed by atoms with van der Waals surface area (Å²) < 4.78 is 45.2. The number of thiocarbonyl (C=S) groups is 1. The number of benzene rings is 3. The molecular weight excluding hydrogens is 583 g/mol. The van der Waals surface area contributed by atoms with Crippen LogP contribution in [-0.4, -0.2) is 23.5 Å². The van der Waals surface area contributed by atoms with Gasteiger partial charge in [-0.15, -0.1) is 0 Å². The summed E-state index contributed by atoms with van der Waals surface area (Å²) in [5.41, 5.74) is 0.0765. The van der Waals surface area contributed by atoms with Gasteiger partial charge in [-0.1, -0.05) is 26.0 Å². The highest BCUT2D eigenvalue weighted by atomic mass is 79.9. The van der Waals surface area contributed by atoms with Crippen LogP contribution in [0.5, 0.6) is 5.75 Å². The molecule has 0 atom stereocenters. The molecule has 3 aromatic carbocycles. The summed E-state index contributed by atoms with van der Waals surface area (Å²) in [5, 5.41) is 7.85. The normalized spacial score (nSPS) is 11.1. The molecular formula is C27H25BrF3N3O3S. The van der Waals surface area contributed by atoms with Gasteiger partial charge in [0, 0.05) is 22.5 Å². The number of carbonyl (C=O) groups excluding carboxylic acids is 2. The lowest BCUT2D eigenvalue weighted by Gasteiger charge is -2.13. The molecule has 0 aliphatic heterocycles. The van der Waals surface area contributed by atoms with Crippen molar-refractivity contribution in [3.63, 3.8) is 0 Å². The van der Waals surface area contributed by atoms with Crippen molar-refractivity contribution in [3.8, 4) is 5.75 Å². The number of hydrogen-bond acceptors (Lipinski definition) is 4. The van der Waals surface area contributed by atoms with E-state index in [9.17, 15) is 22.8 Å². The van der Waals surface area contributed by atoms with Gasteiger partial charge >= 0.3 is 6.18 Å². The molecule has 0 aromatic heterocycles. The first-order valence-electron chi connectivity index (χ1n) is 11.6. The van der Waals surface area contributed by atoms with Gasteiger partial charge in [-0.05, 0) is 95.1 Å². The van der Waals surface area contributed by atoms with Gasteiger partial charge in [0.1, 0.15) is 5.75 Å². The fourth-order valence-electron chi connectivity index (χ4n) is 3.22. The van der Waals surface area contributed by atoms with Crippen LogP contribution in [0.15, 0.2) is 71.2 Å². The van der Waals surface area contributed by atoms with E-state index in [-0.39, 0.29) is 16.4 Å². The van der Waals surface area contributed by atoms with E-state index in [4.69, 9.17) is 17.0 Å². The first kappa shape index (κ1) is 29.1. The zero-order chi connectivity index (χ0) is 27.9. The third-order valence-corrected chi connectivity index (χ3v) is 6.03. The van der Waals surface area contributed by atoms with E-state index >= 15 is 0 Å². The molecule has 6 nitrogen and oxygen atoms in total. The maximum absolute atomic E-state index is 12.9. The van der Waals surface area contributed by atoms with Gasteiger partial charge in [-0.3, -0.25) is 14.9 Å². The van der Waals surface area contributed by atoms with Crippen LogP contribution in [0.25, 0.3) is 0 Å². The third-order valence-electron chi connectivity index (χ3n) is 5.20. The number of rotatable bonds is 8. The van der Waals surface area contributed by atoms with E-state index in [0.717, 1.165) is 18.6 Å². The molecule has 0 unspecified atom stereocenters. The van der Waals surface area contributed by atoms with E-state index in [0.29, 0.717) is 34.0 Å². The Hall–Kier alpha value is -3.44. The van der Waals surface area contributed by atoms with Gasteiger partial charge in [0.25, 0.3) is 11.8 Å². The Morgan fingerprint density at radius 3 is 2.24 bits per heavy atom. The van der Waals surface area contributed by atoms with Gasteiger partial charge < -0.3 is 15.4 Å². The van der Waals surface area contributed by atoms with Gasteiger partial charge in [0.15, 0.2) is 5.11 Å². The predicted octanol–water partition coefficient (Wildman–Crippen LogP) is 7.27. The maximum atomic E-state index is 12.9. The molecule has 0 saturated heterocycles. The second-order valence-electron chi connectivity index (χ2n) is 8.70. The Morgan fingerprint density at radius 1 is 0.921 bits per heavy atom. The zero-order valence-electron chi connectivity index (χ0n) is 20.5. The minimum atomic E-state index is -4.52. The highest BCUT2D eigenvalue weighted by molar-refractivity contribution is 9.10. The van der Waals surface area contributed by atoms with Crippen LogP contribution in [0.2, 0.25) is 0 Å². The summed E-state index contributed by atoms with van der Waals surface area (Å²) in [7, 11) is 0. The van der Waals surface area contributed by atoms with Crippen molar-refractivity contribution in [3.05, 3.63) is 87.9 Å². The van der Waals surface area contributed by atoms with Crippen LogP contribution >= 0.6 is 28.1 Å². The van der Waals surface area contributed by atoms with Crippen molar-refractivity contribution in [1.82, 2.24) is 5.32 Å². The summed E-state index contributed by atoms with van der Waals surface area (Å²) in [6.07, 6.45) is -3.62. The maximum Gasteiger partial charge on any atom is 0.416 e. The number of carbonyl (C=O) groups is 2. The molecule has 200 valence electrons. The number of alkyl halides is 3. The Labute approximate surface area is 232 Å². The summed E-state index contributed by atoms with van der Waals surface area (Å²) in [6, 6.07) is 15.4. The minimum absolute atomic E-state index is 0.00109. The summed E-state index contributed by atoms with van der Waals surface area (Å²) in [4.78, 5) is 25.2. The molecule has 3 aromatic rings. The Morgan fingerprint density at radius 2 is 1.58 bits per heavy atom. The Kier molecular flexibility index (Phi) is 9.87. The fourth-order valence-corrected chi connectivity index (χ4v) is 3.92. The van der Waals surface area contributed by atoms with Crippen molar-refractivity contribution in [1.29, 1.82) is 0 Å². The first-order valence-corrected chi connectivity index (χ1v) is 12.8. The van der Waals surface area contributed by atoms with E-state index in [1.54, 1.807) is 30.3 Å². The van der Waals surface area contributed by atoms with Crippen LogP contribution in [-0.2, 0) is 6.18 Å². The number of ether oxygens (including phenoxy) is 1. The number of amides is 2. The monoisotopic (exact) mass is 607 g/mol. The lowest BCUT2D eigenvalue weighted by molar-refractivity contribution is -0.137. The molecule has 0 spiro atoms. The summed E-state index contributed by atoms with van der Waals surface area (Å²) >= 11 is 8.64. The number of anilines is 2. The highest BCUT2D eigenvalue weighted by Crippen LogP contribution is 2.31. The standard InChI is InChI=1S/C27H25BrF3N3O3S/c1-16(2)11-12-37-23-10-9-18(14-22(23)28)25(36)34-26(38)33-20-7-3-5-17(13-20)24(35)32-21-8-4-6-19(15-21)27(29,30)31/h3-10,13-16H,11-12H2,1-2H3,(H,32,35)(H2,33,34,36,38). The average molecular weight is 608 g/mol. The Balaban J connectivity index is 1.59. The molecule has 0 bridgehead atoms. The van der Waals surface area contributed by atoms with Crippen LogP contribution in [0, 0.1) is 5.92 Å². The van der Waals surface area contributed by atoms with Crippen LogP contribution < -0.4 is 20.7 Å². The van der Waals surface area contributed by atoms with Crippen molar-refractivity contribution in [2.45, 2.75) is 26.4 Å². The largest absolute Gasteiger partial charge is 0.492 e. The van der Waals surface area contributed by atoms with E-state index in [1.165, 1.54) is 24.3 Å². The molecule has 2 amide bonds. The molecule has 3 N–H and O–H groups in total. The molecule has 0 aliphatic carbocycles. The molecule has 0 aliphatic rings. The van der Waals surface area contributed by atoms with E-state index in [1.807, 2.05) is 0 Å². The van der Waals surface area contributed by atoms with Crippen molar-refractivity contribution in [2.75, 3.05) is 17.2 Å². The SMILES string of the molecule is CC(C)CCOc1ccc(C(=O)NC(=S)Nc2cccc(C(=O)Nc3cccc(C(F)(F)F)c3)c2)cc1Br. The van der Waals surface area contributed by atoms with Crippen LogP contribution in [0.1, 0.15) is 46.5 Å². The van der Waals surface area contributed by atoms with Crippen molar-refractivity contribution >= 4 is 56.4 Å². The number of hydrogen-bond donors (Lipinski definition) is 3. The zero-order valence-corrected chi connectivity index (χ0v) is 22.9. The van der Waals surface area contributed by atoms with E-state index in [2.05, 4.69) is 45.7 Å². The Bertz CT molecular complexity index is 1330. The lowest BCUT2D eigenvalue weighted by atomic mass is 10.1. The molecule has 0 fully saturated rings. The second kappa shape index (κ2) is 12.9. The molecule has 0 radical (unpaired) electrons. The summed E-state index contributed by atoms with van der Waals surface area (Å²) in [5.74, 6) is 0.0831. The number of halogens is 4. The van der Waals surface area contributed by atoms with Crippen molar-refractivity contribution < 1.29 is 27.5 Å². The number of nitrogens with one attached hydrogen (secondary N) is 3. The molecule has 3 rings (SSSR count). The predicted molar refractivity (Wildman–Crippen MR) is 149 cm³/mol. The highest BCUT2D eigenvalue weighted by Gasteiger charge is 2.30. The van der Waals surface area contributed by atoms with Gasteiger partial charge in [0.05, 0.1) is 16.6 Å². The molecule has 11 heteroatoms. The van der Waals surface area contributed by atoms with E-state index < -0.39 is 23.6 Å². The summed E-state index contributed by atoms with van der Waals surface area (Å²) in [6.45, 7) is 4.77. The molecule has 38 heavy (non-hydrogen) atoms. The van der Waals surface area contributed by atoms with Crippen LogP contribution in [0.3, 0.4) is 0 Å². The van der Waals surface area contributed by atoms with Gasteiger partial charge in [-0.2, -0.15) is 13.2 Å². The first-order chi connectivity index (χ1) is 17.9. The second-order valence-corrected chi connectivity index (χ2v) is 9.96. The fraction of sp³-hybridized carbons (Fsp3) is 0.222. The average Bonchev–Trinajstić information content (AvgIpc) is 2.84. The van der Waals surface area contributed by atoms with Crippen molar-refractivity contribution in [2.24, 2.45) is 5.92 Å². The van der Waals surface area contributed by atoms with Gasteiger partial charge in [-0.25, -0.2) is 0 Å². The smallest absolute Gasteiger partial charge is 0.416 e. The third kappa shape index (κ3) is 8.56. The topological polar surface area (TPSA) is 79.5 Å². The van der Waals surface area contributed by atoms with Crippen LogP contribution in [0.4, 0.5) is 24.5 Å². The minimum Gasteiger partial charge on any atom is -0.492 e. The molecule has 0 saturated carbocycles. The molecule has 0 heterocycles. The van der Waals surface area contributed by atoms with Gasteiger partial charge in [0.2, 0.25) is 0 Å². The quantitative estimate of drug-likeness (QED) is 0.235. The lowest BCUT2D eigenvalue weighted by Crippen LogP contribution is -2.34.